The highest BCUT2D eigenvalue weighted by Crippen LogP contribution is 2.22. The number of benzene rings is 2. The number of hydrogen-bond acceptors (Lipinski definition) is 2. The van der Waals surface area contributed by atoms with Crippen molar-refractivity contribution in [3.8, 4) is 0 Å². The van der Waals surface area contributed by atoms with Crippen LogP contribution in [0.25, 0.3) is 0 Å². The highest BCUT2D eigenvalue weighted by atomic mass is 32.2. The molecule has 1 atom stereocenters. The molecule has 1 unspecified atom stereocenters. The molecule has 2 rings (SSSR count). The largest absolute Gasteiger partial charge is 0.327 e. The second-order valence-electron chi connectivity index (χ2n) is 4.30. The van der Waals surface area contributed by atoms with Crippen LogP contribution in [0.2, 0.25) is 0 Å². The molecule has 0 saturated carbocycles. The lowest BCUT2D eigenvalue weighted by atomic mass is 10.1. The van der Waals surface area contributed by atoms with Gasteiger partial charge in [0.05, 0.1) is 0 Å². The molecule has 0 radical (unpaired) electrons. The van der Waals surface area contributed by atoms with E-state index in [9.17, 15) is 8.78 Å². The summed E-state index contributed by atoms with van der Waals surface area (Å²) in [6.07, 6.45) is 0.453. The second kappa shape index (κ2) is 6.68. The van der Waals surface area contributed by atoms with Gasteiger partial charge in [-0.2, -0.15) is 0 Å². The quantitative estimate of drug-likeness (QED) is 0.846. The molecule has 0 heterocycles. The Labute approximate surface area is 115 Å². The molecule has 0 aromatic heterocycles. The minimum absolute atomic E-state index is 0.207. The lowest BCUT2D eigenvalue weighted by Gasteiger charge is -2.12. The van der Waals surface area contributed by atoms with Crippen LogP contribution >= 0.6 is 11.8 Å². The molecule has 0 fully saturated rings. The van der Waals surface area contributed by atoms with Crippen LogP contribution in [0, 0.1) is 11.6 Å². The first kappa shape index (κ1) is 14.0. The van der Waals surface area contributed by atoms with Gasteiger partial charge < -0.3 is 5.73 Å². The fraction of sp³-hybridized carbons (Fsp3) is 0.200. The van der Waals surface area contributed by atoms with Gasteiger partial charge in [0.1, 0.15) is 11.6 Å². The summed E-state index contributed by atoms with van der Waals surface area (Å²) in [6.45, 7) is 0. The zero-order valence-corrected chi connectivity index (χ0v) is 11.2. The zero-order chi connectivity index (χ0) is 13.7. The summed E-state index contributed by atoms with van der Waals surface area (Å²) in [4.78, 5) is 0.575. The van der Waals surface area contributed by atoms with Crippen molar-refractivity contribution >= 4 is 11.8 Å². The van der Waals surface area contributed by atoms with Gasteiger partial charge in [0.15, 0.2) is 0 Å². The van der Waals surface area contributed by atoms with Crippen molar-refractivity contribution in [2.45, 2.75) is 17.4 Å². The van der Waals surface area contributed by atoms with Gasteiger partial charge in [-0.1, -0.05) is 30.3 Å². The number of thioether (sulfide) groups is 1. The van der Waals surface area contributed by atoms with E-state index in [1.807, 2.05) is 0 Å². The highest BCUT2D eigenvalue weighted by Gasteiger charge is 2.09. The van der Waals surface area contributed by atoms with Gasteiger partial charge in [0.25, 0.3) is 0 Å². The van der Waals surface area contributed by atoms with Crippen LogP contribution < -0.4 is 5.73 Å². The Kier molecular flexibility index (Phi) is 4.93. The minimum atomic E-state index is -0.245. The molecule has 0 saturated heterocycles. The van der Waals surface area contributed by atoms with Gasteiger partial charge in [-0.15, -0.1) is 11.8 Å². The minimum Gasteiger partial charge on any atom is -0.327 e. The Balaban J connectivity index is 1.90. The number of halogens is 2. The predicted octanol–water partition coefficient (Wildman–Crippen LogP) is 3.63. The SMILES string of the molecule is NC(CSc1ccccc1F)Cc1ccccc1F. The Morgan fingerprint density at radius 3 is 2.26 bits per heavy atom. The van der Waals surface area contributed by atoms with E-state index in [1.165, 1.54) is 23.9 Å². The van der Waals surface area contributed by atoms with Crippen LogP contribution in [0.3, 0.4) is 0 Å². The number of hydrogen-bond donors (Lipinski definition) is 1. The van der Waals surface area contributed by atoms with E-state index in [0.717, 1.165) is 0 Å². The van der Waals surface area contributed by atoms with E-state index < -0.39 is 0 Å². The van der Waals surface area contributed by atoms with Crippen molar-refractivity contribution < 1.29 is 8.78 Å². The molecule has 19 heavy (non-hydrogen) atoms. The van der Waals surface area contributed by atoms with Crippen molar-refractivity contribution in [2.75, 3.05) is 5.75 Å². The fourth-order valence-corrected chi connectivity index (χ4v) is 2.66. The second-order valence-corrected chi connectivity index (χ2v) is 5.36. The van der Waals surface area contributed by atoms with Crippen LogP contribution in [-0.4, -0.2) is 11.8 Å². The van der Waals surface area contributed by atoms with Gasteiger partial charge in [-0.25, -0.2) is 8.78 Å². The first-order valence-electron chi connectivity index (χ1n) is 6.03. The average molecular weight is 279 g/mol. The topological polar surface area (TPSA) is 26.0 Å². The van der Waals surface area contributed by atoms with E-state index in [4.69, 9.17) is 5.73 Å². The summed E-state index contributed by atoms with van der Waals surface area (Å²) >= 11 is 1.36. The highest BCUT2D eigenvalue weighted by molar-refractivity contribution is 7.99. The standard InChI is InChI=1S/C15H15F2NS/c16-13-6-2-1-5-11(13)9-12(18)10-19-15-8-4-3-7-14(15)17/h1-8,12H,9-10,18H2. The Morgan fingerprint density at radius 2 is 1.58 bits per heavy atom. The van der Waals surface area contributed by atoms with Crippen LogP contribution in [0.5, 0.6) is 0 Å². The molecule has 0 aliphatic rings. The first-order chi connectivity index (χ1) is 9.16. The Bertz CT molecular complexity index is 545. The van der Waals surface area contributed by atoms with Crippen LogP contribution in [0.15, 0.2) is 53.4 Å². The summed E-state index contributed by atoms with van der Waals surface area (Å²) < 4.78 is 26.9. The molecule has 2 aromatic carbocycles. The van der Waals surface area contributed by atoms with E-state index in [1.54, 1.807) is 36.4 Å². The maximum atomic E-state index is 13.5. The molecule has 4 heteroatoms. The third-order valence-corrected chi connectivity index (χ3v) is 3.97. The summed E-state index contributed by atoms with van der Waals surface area (Å²) in [5.41, 5.74) is 6.56. The molecule has 2 aromatic rings. The molecule has 2 N–H and O–H groups in total. The molecule has 0 aliphatic carbocycles. The Hall–Kier alpha value is -1.39. The smallest absolute Gasteiger partial charge is 0.136 e. The van der Waals surface area contributed by atoms with Gasteiger partial charge in [-0.05, 0) is 30.2 Å². The average Bonchev–Trinajstić information content (AvgIpc) is 2.40. The molecule has 0 amide bonds. The van der Waals surface area contributed by atoms with Crippen molar-refractivity contribution in [1.82, 2.24) is 0 Å². The van der Waals surface area contributed by atoms with E-state index in [-0.39, 0.29) is 17.7 Å². The maximum absolute atomic E-state index is 13.5. The van der Waals surface area contributed by atoms with Crippen molar-refractivity contribution in [1.29, 1.82) is 0 Å². The molecule has 0 aliphatic heterocycles. The third kappa shape index (κ3) is 4.04. The molecule has 1 nitrogen and oxygen atoms in total. The van der Waals surface area contributed by atoms with Gasteiger partial charge in [0, 0.05) is 16.7 Å². The van der Waals surface area contributed by atoms with E-state index in [0.29, 0.717) is 22.6 Å². The normalized spacial score (nSPS) is 12.4. The van der Waals surface area contributed by atoms with Gasteiger partial charge >= 0.3 is 0 Å². The summed E-state index contributed by atoms with van der Waals surface area (Å²) in [7, 11) is 0. The summed E-state index contributed by atoms with van der Waals surface area (Å²) in [5.74, 6) is 0.0642. The molecule has 100 valence electrons. The van der Waals surface area contributed by atoms with Gasteiger partial charge in [0.2, 0.25) is 0 Å². The van der Waals surface area contributed by atoms with Crippen molar-refractivity contribution in [3.05, 3.63) is 65.7 Å². The van der Waals surface area contributed by atoms with Crippen molar-refractivity contribution in [3.63, 3.8) is 0 Å². The third-order valence-electron chi connectivity index (χ3n) is 2.73. The number of nitrogens with two attached hydrogens (primary N) is 1. The molecule has 0 bridgehead atoms. The van der Waals surface area contributed by atoms with Crippen molar-refractivity contribution in [2.24, 2.45) is 5.73 Å². The maximum Gasteiger partial charge on any atom is 0.136 e. The molecule has 0 spiro atoms. The molecular formula is C15H15F2NS. The summed E-state index contributed by atoms with van der Waals surface area (Å²) in [5, 5.41) is 0. The monoisotopic (exact) mass is 279 g/mol. The van der Waals surface area contributed by atoms with Gasteiger partial charge in [-0.3, -0.25) is 0 Å². The first-order valence-corrected chi connectivity index (χ1v) is 7.01. The zero-order valence-electron chi connectivity index (χ0n) is 10.4. The predicted molar refractivity (Wildman–Crippen MR) is 75.2 cm³/mol. The Morgan fingerprint density at radius 1 is 0.947 bits per heavy atom. The van der Waals surface area contributed by atoms with E-state index >= 15 is 0 Å². The number of rotatable bonds is 5. The lowest BCUT2D eigenvalue weighted by molar-refractivity contribution is 0.595. The molecular weight excluding hydrogens is 264 g/mol. The fourth-order valence-electron chi connectivity index (χ4n) is 1.76. The van der Waals surface area contributed by atoms with Crippen LogP contribution in [-0.2, 0) is 6.42 Å². The van der Waals surface area contributed by atoms with Crippen LogP contribution in [0.4, 0.5) is 8.78 Å². The van der Waals surface area contributed by atoms with Crippen LogP contribution in [0.1, 0.15) is 5.56 Å². The lowest BCUT2D eigenvalue weighted by Crippen LogP contribution is -2.26. The summed E-state index contributed by atoms with van der Waals surface area (Å²) in [6, 6.07) is 13.0. The van der Waals surface area contributed by atoms with E-state index in [2.05, 4.69) is 0 Å².